The van der Waals surface area contributed by atoms with Gasteiger partial charge in [0, 0.05) is 30.3 Å². The van der Waals surface area contributed by atoms with E-state index in [0.29, 0.717) is 0 Å². The Kier molecular flexibility index (Phi) is 4.19. The van der Waals surface area contributed by atoms with Crippen molar-refractivity contribution in [3.8, 4) is 0 Å². The van der Waals surface area contributed by atoms with Gasteiger partial charge < -0.3 is 16.3 Å². The van der Waals surface area contributed by atoms with Crippen molar-refractivity contribution in [3.63, 3.8) is 0 Å². The van der Waals surface area contributed by atoms with Crippen LogP contribution in [0, 0.1) is 23.4 Å². The Balaban J connectivity index is 2.71. The number of nitrogens with two attached hydrogens (primary N) is 1. The molecule has 0 saturated heterocycles. The Hall–Kier alpha value is -1.92. The molecule has 0 saturated carbocycles. The quantitative estimate of drug-likeness (QED) is 0.250. The fourth-order valence-electron chi connectivity index (χ4n) is 1.13. The summed E-state index contributed by atoms with van der Waals surface area (Å²) in [5, 5.41) is 13.8. The molecular weight excluding hydrogens is 235 g/mol. The van der Waals surface area contributed by atoms with Crippen LogP contribution in [0.4, 0.5) is 18.9 Å². The predicted octanol–water partition coefficient (Wildman–Crippen LogP) is 1.90. The van der Waals surface area contributed by atoms with Gasteiger partial charge in [-0.3, -0.25) is 0 Å². The van der Waals surface area contributed by atoms with Crippen molar-refractivity contribution in [3.05, 3.63) is 29.6 Å². The first kappa shape index (κ1) is 13.1. The molecule has 0 aliphatic rings. The number of benzene rings is 1. The highest BCUT2D eigenvalue weighted by Crippen LogP contribution is 2.17. The van der Waals surface area contributed by atoms with Gasteiger partial charge in [0.2, 0.25) is 0 Å². The topological polar surface area (TPSA) is 70.6 Å². The van der Waals surface area contributed by atoms with Gasteiger partial charge in [0.1, 0.15) is 5.84 Å². The van der Waals surface area contributed by atoms with Gasteiger partial charge in [0.05, 0.1) is 0 Å². The lowest BCUT2D eigenvalue weighted by Crippen LogP contribution is -2.27. The smallest absolute Gasteiger partial charge is 0.194 e. The van der Waals surface area contributed by atoms with E-state index in [1.165, 1.54) is 0 Å². The van der Waals surface area contributed by atoms with Gasteiger partial charge in [-0.05, 0) is 0 Å². The third-order valence-electron chi connectivity index (χ3n) is 2.22. The van der Waals surface area contributed by atoms with Gasteiger partial charge >= 0.3 is 0 Å². The maximum Gasteiger partial charge on any atom is 0.194 e. The second kappa shape index (κ2) is 5.42. The van der Waals surface area contributed by atoms with Crippen LogP contribution in [-0.2, 0) is 0 Å². The van der Waals surface area contributed by atoms with Crippen molar-refractivity contribution in [2.24, 2.45) is 16.8 Å². The average molecular weight is 247 g/mol. The lowest BCUT2D eigenvalue weighted by molar-refractivity contribution is 0.315. The third-order valence-corrected chi connectivity index (χ3v) is 2.22. The van der Waals surface area contributed by atoms with Crippen LogP contribution in [0.2, 0.25) is 0 Å². The number of rotatable bonds is 4. The Morgan fingerprint density at radius 1 is 1.41 bits per heavy atom. The maximum absolute atomic E-state index is 12.8. The minimum Gasteiger partial charge on any atom is -0.409 e. The van der Waals surface area contributed by atoms with Crippen LogP contribution in [0.5, 0.6) is 0 Å². The molecule has 0 aliphatic carbocycles. The van der Waals surface area contributed by atoms with Crippen molar-refractivity contribution >= 4 is 11.5 Å². The van der Waals surface area contributed by atoms with Crippen LogP contribution in [0.25, 0.3) is 0 Å². The SMILES string of the molecule is CC(CNc1cc(F)c(F)c(F)c1)C(N)=NO. The molecule has 1 unspecified atom stereocenters. The van der Waals surface area contributed by atoms with Crippen LogP contribution in [-0.4, -0.2) is 17.6 Å². The van der Waals surface area contributed by atoms with E-state index in [0.717, 1.165) is 12.1 Å². The number of hydrogen-bond donors (Lipinski definition) is 3. The van der Waals surface area contributed by atoms with Crippen LogP contribution in [0.1, 0.15) is 6.92 Å². The lowest BCUT2D eigenvalue weighted by atomic mass is 10.1. The van der Waals surface area contributed by atoms with Crippen LogP contribution in [0.3, 0.4) is 0 Å². The normalized spacial score (nSPS) is 13.5. The lowest BCUT2D eigenvalue weighted by Gasteiger charge is -2.12. The zero-order valence-electron chi connectivity index (χ0n) is 9.04. The fourth-order valence-corrected chi connectivity index (χ4v) is 1.13. The van der Waals surface area contributed by atoms with Crippen LogP contribution in [0.15, 0.2) is 17.3 Å². The summed E-state index contributed by atoms with van der Waals surface area (Å²) in [5.41, 5.74) is 5.40. The van der Waals surface area contributed by atoms with Crippen molar-refractivity contribution in [1.29, 1.82) is 0 Å². The molecule has 7 heteroatoms. The highest BCUT2D eigenvalue weighted by molar-refractivity contribution is 5.82. The first-order chi connectivity index (χ1) is 7.95. The first-order valence-corrected chi connectivity index (χ1v) is 4.81. The van der Waals surface area contributed by atoms with Gasteiger partial charge in [-0.25, -0.2) is 13.2 Å². The summed E-state index contributed by atoms with van der Waals surface area (Å²) >= 11 is 0. The summed E-state index contributed by atoms with van der Waals surface area (Å²) in [5.74, 6) is -4.41. The van der Waals surface area contributed by atoms with E-state index in [1.54, 1.807) is 6.92 Å². The monoisotopic (exact) mass is 247 g/mol. The maximum atomic E-state index is 12.8. The summed E-state index contributed by atoms with van der Waals surface area (Å²) < 4.78 is 38.3. The van der Waals surface area contributed by atoms with Crippen LogP contribution >= 0.6 is 0 Å². The molecule has 17 heavy (non-hydrogen) atoms. The summed E-state index contributed by atoms with van der Waals surface area (Å²) in [6.07, 6.45) is 0. The first-order valence-electron chi connectivity index (χ1n) is 4.81. The molecule has 1 atom stereocenters. The van der Waals surface area contributed by atoms with Gasteiger partial charge in [0.15, 0.2) is 17.5 Å². The summed E-state index contributed by atoms with van der Waals surface area (Å²) in [4.78, 5) is 0. The van der Waals surface area contributed by atoms with Gasteiger partial charge in [-0.15, -0.1) is 0 Å². The highest BCUT2D eigenvalue weighted by Gasteiger charge is 2.12. The molecule has 0 amide bonds. The van der Waals surface area contributed by atoms with E-state index in [1.807, 2.05) is 0 Å². The number of nitrogens with zero attached hydrogens (tertiary/aromatic N) is 1. The van der Waals surface area contributed by atoms with Crippen molar-refractivity contribution < 1.29 is 18.4 Å². The predicted molar refractivity (Wildman–Crippen MR) is 57.4 cm³/mol. The van der Waals surface area contributed by atoms with E-state index >= 15 is 0 Å². The average Bonchev–Trinajstić information content (AvgIpc) is 2.31. The molecule has 4 N–H and O–H groups in total. The molecular formula is C10H12F3N3O. The van der Waals surface area contributed by atoms with Crippen molar-refractivity contribution in [1.82, 2.24) is 0 Å². The molecule has 1 rings (SSSR count). The number of oxime groups is 1. The van der Waals surface area contributed by atoms with Gasteiger partial charge in [0.25, 0.3) is 0 Å². The van der Waals surface area contributed by atoms with Crippen LogP contribution < -0.4 is 11.1 Å². The van der Waals surface area contributed by atoms with Crippen molar-refractivity contribution in [2.75, 3.05) is 11.9 Å². The number of amidine groups is 1. The molecule has 4 nitrogen and oxygen atoms in total. The molecule has 0 bridgehead atoms. The molecule has 94 valence electrons. The Labute approximate surface area is 95.9 Å². The Morgan fingerprint density at radius 3 is 2.41 bits per heavy atom. The fraction of sp³-hybridized carbons (Fsp3) is 0.300. The number of hydrogen-bond acceptors (Lipinski definition) is 3. The number of anilines is 1. The molecule has 0 aliphatic heterocycles. The minimum absolute atomic E-state index is 0.0134. The highest BCUT2D eigenvalue weighted by atomic mass is 19.2. The standard InChI is InChI=1S/C10H12F3N3O/c1-5(10(14)16-17)4-15-6-2-7(11)9(13)8(12)3-6/h2-3,5,15,17H,4H2,1H3,(H2,14,16). The second-order valence-electron chi connectivity index (χ2n) is 3.56. The summed E-state index contributed by atoms with van der Waals surface area (Å²) in [7, 11) is 0. The number of halogens is 3. The third kappa shape index (κ3) is 3.27. The molecule has 0 spiro atoms. The molecule has 1 aromatic rings. The van der Waals surface area contributed by atoms with E-state index in [4.69, 9.17) is 10.9 Å². The number of nitrogens with one attached hydrogen (secondary N) is 1. The largest absolute Gasteiger partial charge is 0.409 e. The zero-order valence-corrected chi connectivity index (χ0v) is 9.04. The van der Waals surface area contributed by atoms with Crippen molar-refractivity contribution in [2.45, 2.75) is 6.92 Å². The van der Waals surface area contributed by atoms with Gasteiger partial charge in [-0.1, -0.05) is 12.1 Å². The van der Waals surface area contributed by atoms with E-state index in [2.05, 4.69) is 10.5 Å². The summed E-state index contributed by atoms with van der Waals surface area (Å²) in [6, 6.07) is 1.66. The molecule has 1 aromatic carbocycles. The summed E-state index contributed by atoms with van der Waals surface area (Å²) in [6.45, 7) is 1.85. The minimum atomic E-state index is -1.51. The Bertz CT molecular complexity index is 414. The van der Waals surface area contributed by atoms with E-state index in [-0.39, 0.29) is 24.0 Å². The van der Waals surface area contributed by atoms with E-state index < -0.39 is 17.5 Å². The molecule has 0 aromatic heterocycles. The molecule has 0 radical (unpaired) electrons. The van der Waals surface area contributed by atoms with E-state index in [9.17, 15) is 13.2 Å². The molecule has 0 heterocycles. The second-order valence-corrected chi connectivity index (χ2v) is 3.56. The van der Waals surface area contributed by atoms with Gasteiger partial charge in [-0.2, -0.15) is 0 Å². The Morgan fingerprint density at radius 2 is 1.94 bits per heavy atom. The zero-order chi connectivity index (χ0) is 13.0. The molecule has 0 fully saturated rings.